The van der Waals surface area contributed by atoms with Gasteiger partial charge in [-0.2, -0.15) is 5.10 Å². The van der Waals surface area contributed by atoms with Gasteiger partial charge in [-0.25, -0.2) is 9.67 Å². The second-order valence-electron chi connectivity index (χ2n) is 4.66. The first-order valence-corrected chi connectivity index (χ1v) is 6.59. The van der Waals surface area contributed by atoms with E-state index in [2.05, 4.69) is 10.1 Å². The lowest BCUT2D eigenvalue weighted by Crippen LogP contribution is -2.08. The maximum absolute atomic E-state index is 9.86. The molecule has 3 rings (SSSR count). The van der Waals surface area contributed by atoms with Crippen molar-refractivity contribution in [1.82, 2.24) is 14.8 Å². The molecule has 2 aromatic rings. The third-order valence-electron chi connectivity index (χ3n) is 3.55. The zero-order valence-electron chi connectivity index (χ0n) is 10.9. The number of hydrogen-bond acceptors (Lipinski definition) is 4. The number of nitrogens with zero attached hydrogens (tertiary/aromatic N) is 3. The van der Waals surface area contributed by atoms with Crippen LogP contribution in [0, 0.1) is 0 Å². The first kappa shape index (κ1) is 12.2. The number of ether oxygens (including phenoxy) is 1. The largest absolute Gasteiger partial charge is 0.485 e. The Morgan fingerprint density at radius 3 is 3.21 bits per heavy atom. The van der Waals surface area contributed by atoms with Crippen LogP contribution < -0.4 is 4.74 Å². The molecule has 1 aromatic carbocycles. The first-order chi connectivity index (χ1) is 9.29. The topological polar surface area (TPSA) is 60.2 Å². The SMILES string of the molecule is CCn1ncnc1COc1cccc2c1CCC2O. The van der Waals surface area contributed by atoms with Gasteiger partial charge in [-0.15, -0.1) is 0 Å². The zero-order chi connectivity index (χ0) is 13.2. The Morgan fingerprint density at radius 1 is 1.47 bits per heavy atom. The highest BCUT2D eigenvalue weighted by Crippen LogP contribution is 2.36. The molecule has 0 aliphatic heterocycles. The van der Waals surface area contributed by atoms with Crippen molar-refractivity contribution in [3.05, 3.63) is 41.5 Å². The number of aliphatic hydroxyl groups is 1. The molecule has 1 atom stereocenters. The molecule has 1 aromatic heterocycles. The summed E-state index contributed by atoms with van der Waals surface area (Å²) in [5.41, 5.74) is 2.12. The predicted octanol–water partition coefficient (Wildman–Crippen LogP) is 1.86. The van der Waals surface area contributed by atoms with Crippen LogP contribution in [0.15, 0.2) is 24.5 Å². The van der Waals surface area contributed by atoms with Crippen molar-refractivity contribution in [2.75, 3.05) is 0 Å². The maximum atomic E-state index is 9.86. The van der Waals surface area contributed by atoms with Crippen molar-refractivity contribution in [3.8, 4) is 5.75 Å². The maximum Gasteiger partial charge on any atom is 0.164 e. The summed E-state index contributed by atoms with van der Waals surface area (Å²) in [7, 11) is 0. The van der Waals surface area contributed by atoms with E-state index in [4.69, 9.17) is 4.74 Å². The molecule has 5 nitrogen and oxygen atoms in total. The highest BCUT2D eigenvalue weighted by molar-refractivity contribution is 5.44. The summed E-state index contributed by atoms with van der Waals surface area (Å²) in [5.74, 6) is 1.67. The highest BCUT2D eigenvalue weighted by atomic mass is 16.5. The van der Waals surface area contributed by atoms with Crippen molar-refractivity contribution in [3.63, 3.8) is 0 Å². The molecule has 1 aliphatic carbocycles. The van der Waals surface area contributed by atoms with Crippen molar-refractivity contribution in [2.45, 2.75) is 39.0 Å². The molecule has 0 amide bonds. The molecular weight excluding hydrogens is 242 g/mol. The zero-order valence-corrected chi connectivity index (χ0v) is 10.9. The van der Waals surface area contributed by atoms with Crippen molar-refractivity contribution in [1.29, 1.82) is 0 Å². The standard InChI is InChI=1S/C14H17N3O2/c1-2-17-14(15-9-16-17)8-19-13-5-3-4-10-11(13)6-7-12(10)18/h3-5,9,12,18H,2,6-8H2,1H3. The molecule has 100 valence electrons. The van der Waals surface area contributed by atoms with Crippen LogP contribution in [0.4, 0.5) is 0 Å². The molecule has 5 heteroatoms. The quantitative estimate of drug-likeness (QED) is 0.910. The normalized spacial score (nSPS) is 17.5. The lowest BCUT2D eigenvalue weighted by atomic mass is 10.1. The van der Waals surface area contributed by atoms with E-state index in [-0.39, 0.29) is 6.10 Å². The van der Waals surface area contributed by atoms with Crippen LogP contribution >= 0.6 is 0 Å². The summed E-state index contributed by atoms with van der Waals surface area (Å²) in [6.45, 7) is 3.21. The number of rotatable bonds is 4. The molecule has 0 bridgehead atoms. The van der Waals surface area contributed by atoms with E-state index in [1.165, 1.54) is 0 Å². The Kier molecular flexibility index (Phi) is 3.21. The highest BCUT2D eigenvalue weighted by Gasteiger charge is 2.23. The van der Waals surface area contributed by atoms with Crippen molar-refractivity contribution < 1.29 is 9.84 Å². The Bertz CT molecular complexity index is 580. The monoisotopic (exact) mass is 259 g/mol. The molecule has 1 aliphatic rings. The Labute approximate surface area is 111 Å². The minimum absolute atomic E-state index is 0.349. The van der Waals surface area contributed by atoms with Crippen molar-refractivity contribution >= 4 is 0 Å². The van der Waals surface area contributed by atoms with Gasteiger partial charge in [0.2, 0.25) is 0 Å². The van der Waals surface area contributed by atoms with Gasteiger partial charge in [0, 0.05) is 12.1 Å². The summed E-state index contributed by atoms with van der Waals surface area (Å²) in [6.07, 6.45) is 2.84. The van der Waals surface area contributed by atoms with Crippen LogP contribution in [-0.2, 0) is 19.6 Å². The second-order valence-corrected chi connectivity index (χ2v) is 4.66. The van der Waals surface area contributed by atoms with Gasteiger partial charge in [0.1, 0.15) is 18.7 Å². The van der Waals surface area contributed by atoms with E-state index in [1.807, 2.05) is 29.8 Å². The molecule has 0 fully saturated rings. The molecule has 19 heavy (non-hydrogen) atoms. The fraction of sp³-hybridized carbons (Fsp3) is 0.429. The van der Waals surface area contributed by atoms with Gasteiger partial charge in [0.15, 0.2) is 5.82 Å². The smallest absolute Gasteiger partial charge is 0.164 e. The van der Waals surface area contributed by atoms with Gasteiger partial charge in [-0.05, 0) is 31.4 Å². The van der Waals surface area contributed by atoms with Crippen LogP contribution in [0.3, 0.4) is 0 Å². The van der Waals surface area contributed by atoms with Gasteiger partial charge in [-0.3, -0.25) is 0 Å². The molecule has 0 radical (unpaired) electrons. The van der Waals surface area contributed by atoms with E-state index in [0.717, 1.165) is 42.1 Å². The molecule has 0 saturated heterocycles. The van der Waals surface area contributed by atoms with E-state index >= 15 is 0 Å². The number of fused-ring (bicyclic) bond motifs is 1. The third-order valence-corrected chi connectivity index (χ3v) is 3.55. The molecule has 1 unspecified atom stereocenters. The predicted molar refractivity (Wildman–Crippen MR) is 69.8 cm³/mol. The molecule has 0 spiro atoms. The summed E-state index contributed by atoms with van der Waals surface area (Å²) < 4.78 is 7.67. The van der Waals surface area contributed by atoms with Gasteiger partial charge in [0.25, 0.3) is 0 Å². The van der Waals surface area contributed by atoms with Crippen LogP contribution in [0.1, 0.15) is 36.4 Å². The summed E-state index contributed by atoms with van der Waals surface area (Å²) >= 11 is 0. The Balaban J connectivity index is 1.78. The number of aliphatic hydroxyl groups excluding tert-OH is 1. The summed E-state index contributed by atoms with van der Waals surface area (Å²) in [4.78, 5) is 4.19. The van der Waals surface area contributed by atoms with Gasteiger partial charge in [-0.1, -0.05) is 12.1 Å². The van der Waals surface area contributed by atoms with Gasteiger partial charge < -0.3 is 9.84 Å². The lowest BCUT2D eigenvalue weighted by molar-refractivity contribution is 0.180. The minimum atomic E-state index is -0.349. The van der Waals surface area contributed by atoms with Crippen LogP contribution in [-0.4, -0.2) is 19.9 Å². The average Bonchev–Trinajstić information content (AvgIpc) is 3.03. The van der Waals surface area contributed by atoms with Crippen LogP contribution in [0.25, 0.3) is 0 Å². The number of hydrogen-bond donors (Lipinski definition) is 1. The summed E-state index contributed by atoms with van der Waals surface area (Å²) in [5, 5.41) is 14.0. The lowest BCUT2D eigenvalue weighted by Gasteiger charge is -2.11. The second kappa shape index (κ2) is 5.01. The van der Waals surface area contributed by atoms with E-state index in [9.17, 15) is 5.11 Å². The number of aromatic nitrogens is 3. The third kappa shape index (κ3) is 2.21. The molecule has 1 N–H and O–H groups in total. The van der Waals surface area contributed by atoms with Gasteiger partial charge >= 0.3 is 0 Å². The first-order valence-electron chi connectivity index (χ1n) is 6.59. The average molecular weight is 259 g/mol. The number of aryl methyl sites for hydroxylation is 1. The van der Waals surface area contributed by atoms with Crippen LogP contribution in [0.5, 0.6) is 5.75 Å². The molecular formula is C14H17N3O2. The molecule has 1 heterocycles. The van der Waals surface area contributed by atoms with Crippen molar-refractivity contribution in [2.24, 2.45) is 0 Å². The summed E-state index contributed by atoms with van der Waals surface area (Å²) in [6, 6.07) is 5.84. The Hall–Kier alpha value is -1.88. The van der Waals surface area contributed by atoms with E-state index in [0.29, 0.717) is 6.61 Å². The Morgan fingerprint density at radius 2 is 2.37 bits per heavy atom. The fourth-order valence-electron chi connectivity index (χ4n) is 2.54. The number of benzene rings is 1. The molecule has 0 saturated carbocycles. The minimum Gasteiger partial charge on any atom is -0.485 e. The van der Waals surface area contributed by atoms with Crippen LogP contribution in [0.2, 0.25) is 0 Å². The van der Waals surface area contributed by atoms with E-state index < -0.39 is 0 Å². The fourth-order valence-corrected chi connectivity index (χ4v) is 2.54. The van der Waals surface area contributed by atoms with Gasteiger partial charge in [0.05, 0.1) is 6.10 Å². The van der Waals surface area contributed by atoms with E-state index in [1.54, 1.807) is 6.33 Å².